The number of nitrogens with one attached hydrogen (secondary N) is 1. The Morgan fingerprint density at radius 2 is 1.82 bits per heavy atom. The predicted molar refractivity (Wildman–Crippen MR) is 64.5 cm³/mol. The second-order valence-corrected chi connectivity index (χ2v) is 4.90. The molecule has 0 aromatic heterocycles. The number of piperidine rings is 1. The molecule has 0 atom stereocenters. The molecule has 2 aliphatic heterocycles. The first-order valence-corrected chi connectivity index (χ1v) is 6.42. The predicted octanol–water partition coefficient (Wildman–Crippen LogP) is -0.181. The third-order valence-corrected chi connectivity index (χ3v) is 3.76. The number of likely N-dealkylation sites (N-methyl/N-ethyl adjacent to an activating group) is 1. The molecule has 0 radical (unpaired) electrons. The Morgan fingerprint density at radius 1 is 1.24 bits per heavy atom. The molecule has 0 unspecified atom stereocenters. The molecular weight excluding hydrogens is 218 g/mol. The minimum atomic E-state index is -0.00582. The van der Waals surface area contributed by atoms with Crippen LogP contribution in [0, 0.1) is 0 Å². The lowest BCUT2D eigenvalue weighted by atomic mass is 10.1. The van der Waals surface area contributed by atoms with Gasteiger partial charge in [-0.05, 0) is 33.0 Å². The largest absolute Gasteiger partial charge is 0.317 e. The van der Waals surface area contributed by atoms with Gasteiger partial charge in [-0.25, -0.2) is 0 Å². The maximum atomic E-state index is 11.5. The van der Waals surface area contributed by atoms with E-state index in [1.54, 1.807) is 0 Å². The van der Waals surface area contributed by atoms with Crippen LogP contribution in [0.25, 0.3) is 0 Å². The van der Waals surface area contributed by atoms with Gasteiger partial charge in [0.15, 0.2) is 0 Å². The van der Waals surface area contributed by atoms with Gasteiger partial charge in [-0.15, -0.1) is 0 Å². The van der Waals surface area contributed by atoms with Gasteiger partial charge in [0.25, 0.3) is 0 Å². The number of carbonyl (C=O) groups excluding carboxylic acids is 2. The van der Waals surface area contributed by atoms with Crippen LogP contribution in [-0.2, 0) is 9.59 Å². The van der Waals surface area contributed by atoms with Crippen LogP contribution in [0.5, 0.6) is 0 Å². The molecule has 17 heavy (non-hydrogen) atoms. The Hall–Kier alpha value is -0.940. The Labute approximate surface area is 102 Å². The van der Waals surface area contributed by atoms with Crippen LogP contribution >= 0.6 is 0 Å². The van der Waals surface area contributed by atoms with E-state index in [0.717, 1.165) is 32.5 Å². The molecule has 5 heteroatoms. The summed E-state index contributed by atoms with van der Waals surface area (Å²) in [5, 5.41) is 3.34. The maximum absolute atomic E-state index is 11.5. The van der Waals surface area contributed by atoms with Crippen LogP contribution in [-0.4, -0.2) is 60.9 Å². The Balaban J connectivity index is 1.77. The van der Waals surface area contributed by atoms with Crippen molar-refractivity contribution >= 4 is 11.8 Å². The van der Waals surface area contributed by atoms with Gasteiger partial charge in [0, 0.05) is 32.0 Å². The second-order valence-electron chi connectivity index (χ2n) is 4.90. The zero-order valence-corrected chi connectivity index (χ0v) is 10.4. The Morgan fingerprint density at radius 3 is 2.41 bits per heavy atom. The summed E-state index contributed by atoms with van der Waals surface area (Å²) in [5.41, 5.74) is 0. The summed E-state index contributed by atoms with van der Waals surface area (Å²) in [6.07, 6.45) is 3.10. The molecule has 1 N–H and O–H groups in total. The van der Waals surface area contributed by atoms with Gasteiger partial charge in [-0.2, -0.15) is 0 Å². The molecule has 2 aliphatic rings. The number of nitrogens with zero attached hydrogens (tertiary/aromatic N) is 2. The topological polar surface area (TPSA) is 52.7 Å². The molecule has 2 rings (SSSR count). The normalized spacial score (nSPS) is 22.8. The summed E-state index contributed by atoms with van der Waals surface area (Å²) >= 11 is 0. The second kappa shape index (κ2) is 5.60. The molecule has 0 spiro atoms. The Kier molecular flexibility index (Phi) is 4.12. The van der Waals surface area contributed by atoms with Crippen LogP contribution in [0.2, 0.25) is 0 Å². The van der Waals surface area contributed by atoms with Crippen molar-refractivity contribution in [2.45, 2.75) is 31.7 Å². The molecule has 0 aromatic rings. The van der Waals surface area contributed by atoms with E-state index in [-0.39, 0.29) is 11.8 Å². The minimum Gasteiger partial charge on any atom is -0.317 e. The number of hydrogen-bond acceptors (Lipinski definition) is 4. The highest BCUT2D eigenvalue weighted by atomic mass is 16.2. The SMILES string of the molecule is CN(CCN1C(=O)CCC1=O)C1CCNCC1. The van der Waals surface area contributed by atoms with E-state index in [1.165, 1.54) is 4.90 Å². The maximum Gasteiger partial charge on any atom is 0.229 e. The molecular formula is C12H21N3O2. The zero-order valence-electron chi connectivity index (χ0n) is 10.4. The molecule has 0 bridgehead atoms. The van der Waals surface area contributed by atoms with E-state index in [1.807, 2.05) is 0 Å². The van der Waals surface area contributed by atoms with Gasteiger partial charge in [-0.1, -0.05) is 0 Å². The van der Waals surface area contributed by atoms with Crippen LogP contribution in [0.3, 0.4) is 0 Å². The molecule has 0 aliphatic carbocycles. The van der Waals surface area contributed by atoms with Gasteiger partial charge < -0.3 is 10.2 Å². The lowest BCUT2D eigenvalue weighted by Crippen LogP contribution is -2.44. The third kappa shape index (κ3) is 3.04. The molecule has 0 saturated carbocycles. The number of hydrogen-bond donors (Lipinski definition) is 1. The van der Waals surface area contributed by atoms with Crippen molar-refractivity contribution in [2.24, 2.45) is 0 Å². The van der Waals surface area contributed by atoms with E-state index in [2.05, 4.69) is 17.3 Å². The smallest absolute Gasteiger partial charge is 0.229 e. The lowest BCUT2D eigenvalue weighted by molar-refractivity contribution is -0.138. The highest BCUT2D eigenvalue weighted by molar-refractivity contribution is 6.01. The highest BCUT2D eigenvalue weighted by Gasteiger charge is 2.29. The Bertz CT molecular complexity index is 284. The summed E-state index contributed by atoms with van der Waals surface area (Å²) in [7, 11) is 2.08. The van der Waals surface area contributed by atoms with Crippen molar-refractivity contribution < 1.29 is 9.59 Å². The zero-order chi connectivity index (χ0) is 12.3. The molecule has 0 aromatic carbocycles. The van der Waals surface area contributed by atoms with Gasteiger partial charge in [0.05, 0.1) is 0 Å². The number of amides is 2. The van der Waals surface area contributed by atoms with E-state index in [4.69, 9.17) is 0 Å². The summed E-state index contributed by atoms with van der Waals surface area (Å²) in [6.45, 7) is 3.48. The van der Waals surface area contributed by atoms with Crippen molar-refractivity contribution in [1.82, 2.24) is 15.1 Å². The van der Waals surface area contributed by atoms with Crippen LogP contribution in [0.15, 0.2) is 0 Å². The summed E-state index contributed by atoms with van der Waals surface area (Å²) in [6, 6.07) is 0.587. The summed E-state index contributed by atoms with van der Waals surface area (Å²) in [4.78, 5) is 26.6. The van der Waals surface area contributed by atoms with Crippen molar-refractivity contribution in [1.29, 1.82) is 0 Å². The van der Waals surface area contributed by atoms with Gasteiger partial charge in [0.2, 0.25) is 11.8 Å². The highest BCUT2D eigenvalue weighted by Crippen LogP contribution is 2.13. The molecule has 2 heterocycles. The summed E-state index contributed by atoms with van der Waals surface area (Å²) < 4.78 is 0. The van der Waals surface area contributed by atoms with Crippen LogP contribution in [0.1, 0.15) is 25.7 Å². The van der Waals surface area contributed by atoms with Crippen LogP contribution < -0.4 is 5.32 Å². The van der Waals surface area contributed by atoms with Crippen molar-refractivity contribution in [3.8, 4) is 0 Å². The first-order chi connectivity index (χ1) is 8.18. The number of likely N-dealkylation sites (tertiary alicyclic amines) is 1. The van der Waals surface area contributed by atoms with Gasteiger partial charge >= 0.3 is 0 Å². The quantitative estimate of drug-likeness (QED) is 0.691. The molecule has 2 fully saturated rings. The first-order valence-electron chi connectivity index (χ1n) is 6.42. The monoisotopic (exact) mass is 239 g/mol. The van der Waals surface area contributed by atoms with Crippen molar-refractivity contribution in [2.75, 3.05) is 33.2 Å². The van der Waals surface area contributed by atoms with Gasteiger partial charge in [0.1, 0.15) is 0 Å². The molecule has 2 saturated heterocycles. The molecule has 2 amide bonds. The van der Waals surface area contributed by atoms with E-state index in [0.29, 0.717) is 25.4 Å². The minimum absolute atomic E-state index is 0.00582. The first kappa shape index (κ1) is 12.5. The van der Waals surface area contributed by atoms with Gasteiger partial charge in [-0.3, -0.25) is 14.5 Å². The van der Waals surface area contributed by atoms with E-state index in [9.17, 15) is 9.59 Å². The van der Waals surface area contributed by atoms with Crippen molar-refractivity contribution in [3.63, 3.8) is 0 Å². The fraction of sp³-hybridized carbons (Fsp3) is 0.833. The number of imide groups is 1. The van der Waals surface area contributed by atoms with E-state index < -0.39 is 0 Å². The standard InChI is InChI=1S/C12H21N3O2/c1-14(10-4-6-13-7-5-10)8-9-15-11(16)2-3-12(15)17/h10,13H,2-9H2,1H3. The third-order valence-electron chi connectivity index (χ3n) is 3.76. The summed E-state index contributed by atoms with van der Waals surface area (Å²) in [5.74, 6) is -0.0116. The van der Waals surface area contributed by atoms with Crippen LogP contribution in [0.4, 0.5) is 0 Å². The molecule has 5 nitrogen and oxygen atoms in total. The average molecular weight is 239 g/mol. The van der Waals surface area contributed by atoms with E-state index >= 15 is 0 Å². The number of rotatable bonds is 4. The average Bonchev–Trinajstić information content (AvgIpc) is 2.67. The number of carbonyl (C=O) groups is 2. The molecule has 96 valence electrons. The fourth-order valence-electron chi connectivity index (χ4n) is 2.56. The fourth-order valence-corrected chi connectivity index (χ4v) is 2.56. The van der Waals surface area contributed by atoms with Crippen molar-refractivity contribution in [3.05, 3.63) is 0 Å². The lowest BCUT2D eigenvalue weighted by Gasteiger charge is -2.32.